The normalized spacial score (nSPS) is 11.3. The zero-order valence-electron chi connectivity index (χ0n) is 12.7. The number of nitrogens with two attached hydrogens (primary N) is 1. The van der Waals surface area contributed by atoms with Crippen molar-refractivity contribution in [2.75, 3.05) is 24.7 Å². The summed E-state index contributed by atoms with van der Waals surface area (Å²) in [5, 5.41) is 0. The minimum atomic E-state index is 0.464. The van der Waals surface area contributed by atoms with Crippen LogP contribution in [0.5, 0.6) is 0 Å². The summed E-state index contributed by atoms with van der Waals surface area (Å²) in [5.74, 6) is 0.594. The van der Waals surface area contributed by atoms with E-state index in [0.29, 0.717) is 18.5 Å². The Morgan fingerprint density at radius 1 is 1.11 bits per heavy atom. The van der Waals surface area contributed by atoms with E-state index in [4.69, 9.17) is 10.5 Å². The second kappa shape index (κ2) is 8.18. The lowest BCUT2D eigenvalue weighted by Gasteiger charge is -2.29. The van der Waals surface area contributed by atoms with Crippen molar-refractivity contribution in [1.29, 1.82) is 0 Å². The Morgan fingerprint density at radius 2 is 1.74 bits per heavy atom. The van der Waals surface area contributed by atoms with E-state index >= 15 is 0 Å². The van der Waals surface area contributed by atoms with Crippen molar-refractivity contribution in [2.24, 2.45) is 11.7 Å². The van der Waals surface area contributed by atoms with Gasteiger partial charge in [0.25, 0.3) is 0 Å². The third kappa shape index (κ3) is 5.62. The highest BCUT2D eigenvalue weighted by molar-refractivity contribution is 5.48. The van der Waals surface area contributed by atoms with E-state index in [1.807, 2.05) is 0 Å². The molecule has 0 radical (unpaired) electrons. The van der Waals surface area contributed by atoms with E-state index in [-0.39, 0.29) is 0 Å². The molecule has 0 spiro atoms. The van der Waals surface area contributed by atoms with Crippen LogP contribution in [-0.2, 0) is 11.3 Å². The number of rotatable bonds is 8. The third-order valence-electron chi connectivity index (χ3n) is 3.05. The van der Waals surface area contributed by atoms with Gasteiger partial charge in [-0.1, -0.05) is 26.0 Å². The average molecular weight is 264 g/mol. The summed E-state index contributed by atoms with van der Waals surface area (Å²) < 4.78 is 5.68. The van der Waals surface area contributed by atoms with Crippen molar-refractivity contribution >= 4 is 5.69 Å². The molecule has 108 valence electrons. The highest BCUT2D eigenvalue weighted by atomic mass is 16.5. The second-order valence-electron chi connectivity index (χ2n) is 5.63. The van der Waals surface area contributed by atoms with Gasteiger partial charge in [0, 0.05) is 31.4 Å². The van der Waals surface area contributed by atoms with Gasteiger partial charge in [-0.05, 0) is 37.5 Å². The first-order valence-corrected chi connectivity index (χ1v) is 7.18. The molecule has 0 bridgehead atoms. The number of benzene rings is 1. The summed E-state index contributed by atoms with van der Waals surface area (Å²) >= 11 is 0. The quantitative estimate of drug-likeness (QED) is 0.733. The maximum absolute atomic E-state index is 5.68. The molecule has 3 heteroatoms. The SMILES string of the molecule is CC(C)COCCN(c1ccc(CN)cc1)C(C)C. The van der Waals surface area contributed by atoms with Crippen LogP contribution in [0, 0.1) is 5.92 Å². The van der Waals surface area contributed by atoms with Crippen LogP contribution in [0.25, 0.3) is 0 Å². The van der Waals surface area contributed by atoms with Crippen molar-refractivity contribution in [3.8, 4) is 0 Å². The lowest BCUT2D eigenvalue weighted by molar-refractivity contribution is 0.114. The van der Waals surface area contributed by atoms with Crippen molar-refractivity contribution in [2.45, 2.75) is 40.3 Å². The lowest BCUT2D eigenvalue weighted by atomic mass is 10.1. The van der Waals surface area contributed by atoms with Crippen LogP contribution in [0.1, 0.15) is 33.3 Å². The van der Waals surface area contributed by atoms with Crippen molar-refractivity contribution in [3.05, 3.63) is 29.8 Å². The molecule has 0 heterocycles. The van der Waals surface area contributed by atoms with Gasteiger partial charge >= 0.3 is 0 Å². The number of ether oxygens (including phenoxy) is 1. The number of nitrogens with zero attached hydrogens (tertiary/aromatic N) is 1. The van der Waals surface area contributed by atoms with Crippen LogP contribution >= 0.6 is 0 Å². The molecule has 0 unspecified atom stereocenters. The third-order valence-corrected chi connectivity index (χ3v) is 3.05. The van der Waals surface area contributed by atoms with Crippen LogP contribution < -0.4 is 10.6 Å². The van der Waals surface area contributed by atoms with E-state index in [2.05, 4.69) is 56.9 Å². The molecule has 0 aliphatic heterocycles. The molecule has 0 saturated heterocycles. The first kappa shape index (κ1) is 16.0. The Balaban J connectivity index is 2.56. The van der Waals surface area contributed by atoms with Gasteiger partial charge in [0.2, 0.25) is 0 Å². The van der Waals surface area contributed by atoms with E-state index in [1.165, 1.54) is 11.3 Å². The Hall–Kier alpha value is -1.06. The van der Waals surface area contributed by atoms with Gasteiger partial charge in [0.1, 0.15) is 0 Å². The standard InChI is InChI=1S/C16H28N2O/c1-13(2)12-19-10-9-18(14(3)4)16-7-5-15(11-17)6-8-16/h5-8,13-14H,9-12,17H2,1-4H3. The molecule has 1 aromatic rings. The van der Waals surface area contributed by atoms with Crippen molar-refractivity contribution < 1.29 is 4.74 Å². The topological polar surface area (TPSA) is 38.5 Å². The molecule has 19 heavy (non-hydrogen) atoms. The molecular weight excluding hydrogens is 236 g/mol. The minimum absolute atomic E-state index is 0.464. The molecule has 0 amide bonds. The van der Waals surface area contributed by atoms with Crippen LogP contribution in [-0.4, -0.2) is 25.8 Å². The highest BCUT2D eigenvalue weighted by Crippen LogP contribution is 2.17. The van der Waals surface area contributed by atoms with Gasteiger partial charge in [-0.25, -0.2) is 0 Å². The molecular formula is C16H28N2O. The molecule has 0 aromatic heterocycles. The Morgan fingerprint density at radius 3 is 2.21 bits per heavy atom. The molecule has 1 rings (SSSR count). The van der Waals surface area contributed by atoms with Gasteiger partial charge in [-0.3, -0.25) is 0 Å². The number of anilines is 1. The lowest BCUT2D eigenvalue weighted by Crippen LogP contribution is -2.34. The monoisotopic (exact) mass is 264 g/mol. The molecule has 2 N–H and O–H groups in total. The Bertz CT molecular complexity index is 346. The minimum Gasteiger partial charge on any atom is -0.379 e. The smallest absolute Gasteiger partial charge is 0.0641 e. The Labute approximate surface area is 117 Å². The van der Waals surface area contributed by atoms with E-state index in [9.17, 15) is 0 Å². The van der Waals surface area contributed by atoms with Gasteiger partial charge in [-0.15, -0.1) is 0 Å². The van der Waals surface area contributed by atoms with Crippen molar-refractivity contribution in [1.82, 2.24) is 0 Å². The number of hydrogen-bond acceptors (Lipinski definition) is 3. The molecule has 0 aliphatic rings. The summed E-state index contributed by atoms with van der Waals surface area (Å²) in [5.41, 5.74) is 8.04. The molecule has 0 fully saturated rings. The van der Waals surface area contributed by atoms with Crippen LogP contribution in [0.15, 0.2) is 24.3 Å². The fourth-order valence-corrected chi connectivity index (χ4v) is 1.99. The molecule has 3 nitrogen and oxygen atoms in total. The van der Waals surface area contributed by atoms with Gasteiger partial charge in [0.15, 0.2) is 0 Å². The fraction of sp³-hybridized carbons (Fsp3) is 0.625. The Kier molecular flexibility index (Phi) is 6.89. The fourth-order valence-electron chi connectivity index (χ4n) is 1.99. The maximum Gasteiger partial charge on any atom is 0.0641 e. The highest BCUT2D eigenvalue weighted by Gasteiger charge is 2.10. The van der Waals surface area contributed by atoms with Crippen molar-refractivity contribution in [3.63, 3.8) is 0 Å². The maximum atomic E-state index is 5.68. The first-order valence-electron chi connectivity index (χ1n) is 7.18. The molecule has 0 aliphatic carbocycles. The van der Waals surface area contributed by atoms with Crippen LogP contribution in [0.3, 0.4) is 0 Å². The number of hydrogen-bond donors (Lipinski definition) is 1. The summed E-state index contributed by atoms with van der Waals surface area (Å²) in [6, 6.07) is 8.95. The zero-order valence-corrected chi connectivity index (χ0v) is 12.7. The molecule has 0 saturated carbocycles. The van der Waals surface area contributed by atoms with E-state index in [0.717, 1.165) is 19.8 Å². The van der Waals surface area contributed by atoms with Gasteiger partial charge < -0.3 is 15.4 Å². The van der Waals surface area contributed by atoms with E-state index in [1.54, 1.807) is 0 Å². The predicted molar refractivity (Wildman–Crippen MR) is 82.5 cm³/mol. The first-order chi connectivity index (χ1) is 9.04. The summed E-state index contributed by atoms with van der Waals surface area (Å²) in [7, 11) is 0. The predicted octanol–water partition coefficient (Wildman–Crippen LogP) is 3.03. The summed E-state index contributed by atoms with van der Waals surface area (Å²) in [4.78, 5) is 2.36. The van der Waals surface area contributed by atoms with Gasteiger partial charge in [0.05, 0.1) is 6.61 Å². The molecule has 1 aromatic carbocycles. The van der Waals surface area contributed by atoms with Crippen LogP contribution in [0.4, 0.5) is 5.69 Å². The van der Waals surface area contributed by atoms with Crippen LogP contribution in [0.2, 0.25) is 0 Å². The van der Waals surface area contributed by atoms with Gasteiger partial charge in [-0.2, -0.15) is 0 Å². The second-order valence-corrected chi connectivity index (χ2v) is 5.63. The molecule has 0 atom stereocenters. The summed E-state index contributed by atoms with van der Waals surface area (Å²) in [6.45, 7) is 11.9. The van der Waals surface area contributed by atoms with E-state index < -0.39 is 0 Å². The zero-order chi connectivity index (χ0) is 14.3. The summed E-state index contributed by atoms with van der Waals surface area (Å²) in [6.07, 6.45) is 0. The average Bonchev–Trinajstić information content (AvgIpc) is 2.38. The largest absolute Gasteiger partial charge is 0.379 e.